The molecule has 5 nitrogen and oxygen atoms in total. The predicted molar refractivity (Wildman–Crippen MR) is 123 cm³/mol. The molecule has 1 heterocycles. The molecule has 30 heavy (non-hydrogen) atoms. The van der Waals surface area contributed by atoms with Gasteiger partial charge in [-0.15, -0.1) is 0 Å². The molecule has 0 fully saturated rings. The van der Waals surface area contributed by atoms with Crippen LogP contribution in [0.2, 0.25) is 5.02 Å². The molecule has 3 rings (SSSR count). The highest BCUT2D eigenvalue weighted by molar-refractivity contribution is 6.30. The molecule has 0 radical (unpaired) electrons. The number of likely N-dealkylation sites (N-methyl/N-ethyl adjacent to an activating group) is 1. The summed E-state index contributed by atoms with van der Waals surface area (Å²) in [6.45, 7) is 10.8. The van der Waals surface area contributed by atoms with Crippen molar-refractivity contribution in [1.82, 2.24) is 10.2 Å². The smallest absolute Gasteiger partial charge is 0.161 e. The molecule has 6 heteroatoms. The highest BCUT2D eigenvalue weighted by atomic mass is 35.5. The number of aryl methyl sites for hydroxylation is 1. The molecule has 0 saturated carbocycles. The minimum atomic E-state index is -0.0165. The fourth-order valence-corrected chi connectivity index (χ4v) is 4.47. The first kappa shape index (κ1) is 22.7. The Labute approximate surface area is 185 Å². The van der Waals surface area contributed by atoms with E-state index >= 15 is 0 Å². The third-order valence-electron chi connectivity index (χ3n) is 5.82. The van der Waals surface area contributed by atoms with Crippen LogP contribution in [-0.2, 0) is 6.42 Å². The summed E-state index contributed by atoms with van der Waals surface area (Å²) >= 11 is 6.40. The summed E-state index contributed by atoms with van der Waals surface area (Å²) in [5.74, 6) is 2.42. The Bertz CT molecular complexity index is 868. The minimum Gasteiger partial charge on any atom is -0.496 e. The molecule has 1 unspecified atom stereocenters. The van der Waals surface area contributed by atoms with E-state index in [0.717, 1.165) is 61.0 Å². The van der Waals surface area contributed by atoms with Gasteiger partial charge in [-0.3, -0.25) is 0 Å². The fraction of sp³-hybridized carbons (Fsp3) is 0.500. The average molecular weight is 433 g/mol. The number of fused-ring (bicyclic) bond motifs is 1. The first-order valence-electron chi connectivity index (χ1n) is 10.7. The van der Waals surface area contributed by atoms with E-state index in [1.54, 1.807) is 14.2 Å². The number of hydrogen-bond acceptors (Lipinski definition) is 5. The standard InChI is InChI=1S/C24H33ClN2O3/c1-6-27(7-2)10-11-30-22-15-19-17(13-21(22)28-4)8-9-26-23(19)20-14-18(25)12-16(3)24(20)29-5/h12-15,23,26H,6-11H2,1-5H3. The molecule has 0 saturated heterocycles. The van der Waals surface area contributed by atoms with Gasteiger partial charge in [-0.05, 0) is 67.4 Å². The van der Waals surface area contributed by atoms with Crippen LogP contribution in [0.5, 0.6) is 17.2 Å². The number of methoxy groups -OCH3 is 2. The molecule has 2 aromatic rings. The van der Waals surface area contributed by atoms with Crippen LogP contribution in [-0.4, -0.2) is 51.9 Å². The van der Waals surface area contributed by atoms with E-state index in [1.807, 2.05) is 19.1 Å². The maximum atomic E-state index is 6.40. The van der Waals surface area contributed by atoms with Crippen molar-refractivity contribution >= 4 is 11.6 Å². The molecule has 1 aliphatic heterocycles. The molecule has 0 spiro atoms. The van der Waals surface area contributed by atoms with Crippen LogP contribution in [0.1, 0.15) is 42.1 Å². The van der Waals surface area contributed by atoms with Crippen LogP contribution in [0.25, 0.3) is 0 Å². The molecule has 0 bridgehead atoms. The first-order valence-corrected chi connectivity index (χ1v) is 11.0. The molecule has 0 aromatic heterocycles. The number of rotatable bonds is 9. The summed E-state index contributed by atoms with van der Waals surface area (Å²) in [6.07, 6.45) is 0.934. The second-order valence-electron chi connectivity index (χ2n) is 7.56. The van der Waals surface area contributed by atoms with E-state index in [2.05, 4.69) is 36.2 Å². The molecule has 2 aromatic carbocycles. The van der Waals surface area contributed by atoms with E-state index < -0.39 is 0 Å². The first-order chi connectivity index (χ1) is 14.5. The van der Waals surface area contributed by atoms with Crippen LogP contribution in [0, 0.1) is 6.92 Å². The van der Waals surface area contributed by atoms with Gasteiger partial charge in [0.15, 0.2) is 11.5 Å². The average Bonchev–Trinajstić information content (AvgIpc) is 2.75. The third-order valence-corrected chi connectivity index (χ3v) is 6.04. The van der Waals surface area contributed by atoms with Crippen LogP contribution in [0.4, 0.5) is 0 Å². The number of hydrogen-bond donors (Lipinski definition) is 1. The lowest BCUT2D eigenvalue weighted by Crippen LogP contribution is -2.31. The summed E-state index contributed by atoms with van der Waals surface area (Å²) in [5.41, 5.74) is 4.51. The second kappa shape index (κ2) is 10.4. The van der Waals surface area contributed by atoms with Gasteiger partial charge in [0.1, 0.15) is 12.4 Å². The van der Waals surface area contributed by atoms with Gasteiger partial charge in [0, 0.05) is 23.7 Å². The summed E-state index contributed by atoms with van der Waals surface area (Å²) in [5, 5.41) is 4.34. The lowest BCUT2D eigenvalue weighted by atomic mass is 9.88. The summed E-state index contributed by atoms with van der Waals surface area (Å²) in [6, 6.07) is 8.13. The lowest BCUT2D eigenvalue weighted by molar-refractivity contribution is 0.217. The van der Waals surface area contributed by atoms with Crippen LogP contribution < -0.4 is 19.5 Å². The normalized spacial score (nSPS) is 15.8. The highest BCUT2D eigenvalue weighted by Crippen LogP contribution is 2.41. The molecule has 164 valence electrons. The quantitative estimate of drug-likeness (QED) is 0.626. The second-order valence-corrected chi connectivity index (χ2v) is 8.00. The monoisotopic (exact) mass is 432 g/mol. The van der Waals surface area contributed by atoms with Gasteiger partial charge >= 0.3 is 0 Å². The Morgan fingerprint density at radius 2 is 1.80 bits per heavy atom. The molecular formula is C24H33ClN2O3. The summed E-state index contributed by atoms with van der Waals surface area (Å²) < 4.78 is 17.5. The van der Waals surface area contributed by atoms with E-state index in [-0.39, 0.29) is 6.04 Å². The highest BCUT2D eigenvalue weighted by Gasteiger charge is 2.27. The number of benzene rings is 2. The van der Waals surface area contributed by atoms with Gasteiger partial charge in [0.05, 0.1) is 20.3 Å². The van der Waals surface area contributed by atoms with Gasteiger partial charge in [0.2, 0.25) is 0 Å². The van der Waals surface area contributed by atoms with Crippen molar-refractivity contribution in [3.63, 3.8) is 0 Å². The predicted octanol–water partition coefficient (Wildman–Crippen LogP) is 4.62. The number of nitrogens with one attached hydrogen (secondary N) is 1. The Balaban J connectivity index is 1.96. The fourth-order valence-electron chi connectivity index (χ4n) is 4.19. The van der Waals surface area contributed by atoms with Crippen molar-refractivity contribution in [2.24, 2.45) is 0 Å². The Hall–Kier alpha value is -1.95. The van der Waals surface area contributed by atoms with E-state index in [1.165, 1.54) is 11.1 Å². The summed E-state index contributed by atoms with van der Waals surface area (Å²) in [7, 11) is 3.40. The molecule has 1 atom stereocenters. The minimum absolute atomic E-state index is 0.0165. The van der Waals surface area contributed by atoms with Crippen LogP contribution in [0.3, 0.4) is 0 Å². The number of halogens is 1. The number of nitrogens with zero attached hydrogens (tertiary/aromatic N) is 1. The largest absolute Gasteiger partial charge is 0.496 e. The zero-order valence-electron chi connectivity index (χ0n) is 18.7. The van der Waals surface area contributed by atoms with Gasteiger partial charge in [0.25, 0.3) is 0 Å². The Morgan fingerprint density at radius 1 is 1.03 bits per heavy atom. The maximum absolute atomic E-state index is 6.40. The van der Waals surface area contributed by atoms with E-state index in [4.69, 9.17) is 25.8 Å². The SMILES string of the molecule is CCN(CC)CCOc1cc2c(cc1OC)CCNC2c1cc(Cl)cc(C)c1OC. The maximum Gasteiger partial charge on any atom is 0.161 e. The third kappa shape index (κ3) is 4.85. The van der Waals surface area contributed by atoms with Gasteiger partial charge in [-0.2, -0.15) is 0 Å². The van der Waals surface area contributed by atoms with E-state index in [9.17, 15) is 0 Å². The van der Waals surface area contributed by atoms with Gasteiger partial charge < -0.3 is 24.4 Å². The molecule has 0 aliphatic carbocycles. The topological polar surface area (TPSA) is 43.0 Å². The van der Waals surface area contributed by atoms with Gasteiger partial charge in [-0.1, -0.05) is 25.4 Å². The van der Waals surface area contributed by atoms with Crippen molar-refractivity contribution in [3.05, 3.63) is 51.5 Å². The zero-order chi connectivity index (χ0) is 21.7. The van der Waals surface area contributed by atoms with Crippen molar-refractivity contribution in [1.29, 1.82) is 0 Å². The lowest BCUT2D eigenvalue weighted by Gasteiger charge is -2.30. The Morgan fingerprint density at radius 3 is 2.47 bits per heavy atom. The van der Waals surface area contributed by atoms with Crippen molar-refractivity contribution in [3.8, 4) is 17.2 Å². The van der Waals surface area contributed by atoms with Crippen LogP contribution in [0.15, 0.2) is 24.3 Å². The zero-order valence-corrected chi connectivity index (χ0v) is 19.4. The van der Waals surface area contributed by atoms with Crippen molar-refractivity contribution in [2.75, 3.05) is 47.0 Å². The van der Waals surface area contributed by atoms with Crippen molar-refractivity contribution in [2.45, 2.75) is 33.2 Å². The molecule has 1 aliphatic rings. The van der Waals surface area contributed by atoms with Gasteiger partial charge in [-0.25, -0.2) is 0 Å². The number of ether oxygens (including phenoxy) is 3. The molecule has 1 N–H and O–H groups in total. The molecular weight excluding hydrogens is 400 g/mol. The van der Waals surface area contributed by atoms with Crippen molar-refractivity contribution < 1.29 is 14.2 Å². The Kier molecular flexibility index (Phi) is 7.87. The van der Waals surface area contributed by atoms with Crippen LogP contribution >= 0.6 is 11.6 Å². The van der Waals surface area contributed by atoms with E-state index in [0.29, 0.717) is 11.6 Å². The summed E-state index contributed by atoms with van der Waals surface area (Å²) in [4.78, 5) is 2.34. The molecule has 0 amide bonds.